The van der Waals surface area contributed by atoms with Gasteiger partial charge in [0.25, 0.3) is 23.6 Å². The molecule has 622 valence electrons. The summed E-state index contributed by atoms with van der Waals surface area (Å²) in [5.74, 6) is -31.9. The van der Waals surface area contributed by atoms with Gasteiger partial charge in [0.2, 0.25) is 12.2 Å². The molecule has 2 saturated heterocycles. The summed E-state index contributed by atoms with van der Waals surface area (Å²) < 4.78 is 164. The lowest BCUT2D eigenvalue weighted by molar-refractivity contribution is -0.314. The molecule has 0 aliphatic carbocycles. The lowest BCUT2D eigenvalue weighted by atomic mass is 9.85. The number of esters is 14. The first-order valence-electron chi connectivity index (χ1n) is 40.5. The van der Waals surface area contributed by atoms with E-state index in [-0.39, 0.29) is 11.1 Å². The van der Waals surface area contributed by atoms with Crippen LogP contribution in [0, 0.1) is 0 Å². The Labute approximate surface area is 665 Å². The third kappa shape index (κ3) is 28.3. The number of carbonyl (C=O) groups is 18. The van der Waals surface area contributed by atoms with Crippen LogP contribution in [0.1, 0.15) is 142 Å². The highest BCUT2D eigenvalue weighted by molar-refractivity contribution is 6.00. The van der Waals surface area contributed by atoms with Crippen LogP contribution in [0.25, 0.3) is 0 Å². The number of benzene rings is 3. The van der Waals surface area contributed by atoms with E-state index in [0.29, 0.717) is 0 Å². The van der Waals surface area contributed by atoms with Crippen molar-refractivity contribution in [2.24, 2.45) is 0 Å². The van der Waals surface area contributed by atoms with Crippen LogP contribution >= 0.6 is 0 Å². The van der Waals surface area contributed by atoms with Crippen molar-refractivity contribution in [2.75, 3.05) is 26.3 Å². The van der Waals surface area contributed by atoms with Crippen LogP contribution in [0.4, 0.5) is 0 Å². The molecule has 0 unspecified atom stereocenters. The Kier molecular flexibility index (Phi) is 28.9. The molecule has 2 aliphatic heterocycles. The molecule has 5 rings (SSSR count). The molecule has 0 bridgehead atoms. The molecule has 18 atom stereocenters. The number of amides is 4. The molecule has 6 N–H and O–H groups in total. The first-order chi connectivity index (χ1) is 58.8. The molecule has 0 saturated carbocycles. The molecule has 3 aromatic rings. The Bertz CT molecular complexity index is 4000. The van der Waals surface area contributed by atoms with Crippen LogP contribution in [0.5, 0.6) is 0 Å². The van der Waals surface area contributed by atoms with E-state index in [1.54, 1.807) is 12.1 Å². The van der Waals surface area contributed by atoms with Gasteiger partial charge in [-0.3, -0.25) is 86.3 Å². The second-order valence-electron chi connectivity index (χ2n) is 24.7. The third-order valence-electron chi connectivity index (χ3n) is 15.9. The molecular weight excluding hydrogens is 1520 g/mol. The third-order valence-corrected chi connectivity index (χ3v) is 15.9. The van der Waals surface area contributed by atoms with Crippen LogP contribution in [-0.4, -0.2) is 253 Å². The van der Waals surface area contributed by atoms with Crippen molar-refractivity contribution in [1.82, 2.24) is 21.3 Å². The highest BCUT2D eigenvalue weighted by Crippen LogP contribution is 2.38. The summed E-state index contributed by atoms with van der Waals surface area (Å²) >= 11 is 0. The van der Waals surface area contributed by atoms with E-state index in [4.69, 9.17) is 89.5 Å². The van der Waals surface area contributed by atoms with Crippen molar-refractivity contribution in [3.8, 4) is 0 Å². The summed E-state index contributed by atoms with van der Waals surface area (Å²) in [5.41, 5.74) is -0.724. The quantitative estimate of drug-likeness (QED) is 0.0303. The topological polar surface area (TPSA) is 544 Å². The molecule has 114 heavy (non-hydrogen) atoms. The van der Waals surface area contributed by atoms with Gasteiger partial charge in [-0.1, -0.05) is 66.7 Å². The highest BCUT2D eigenvalue weighted by atomic mass is 16.7. The minimum absolute atomic E-state index is 0.173. The van der Waals surface area contributed by atoms with E-state index in [2.05, 4.69) is 21.3 Å². The number of aliphatic hydroxyl groups is 2. The molecule has 3 aromatic carbocycles. The molecular formula is C74H90N4O36. The Hall–Kier alpha value is -12.0. The normalized spacial score (nSPS) is 23.4. The van der Waals surface area contributed by atoms with Gasteiger partial charge in [-0.25, -0.2) is 0 Å². The predicted octanol–water partition coefficient (Wildman–Crippen LogP) is -0.917. The maximum absolute atomic E-state index is 15.1. The summed E-state index contributed by atoms with van der Waals surface area (Å²) in [6.07, 6.45) is -34.6. The summed E-state index contributed by atoms with van der Waals surface area (Å²) in [7, 11) is 0. The summed E-state index contributed by atoms with van der Waals surface area (Å²) in [6, 6.07) is 14.6. The fraction of sp³-hybridized carbons (Fsp3) is 0.514. The van der Waals surface area contributed by atoms with Crippen molar-refractivity contribution in [3.05, 3.63) is 107 Å². The number of hydrogen-bond donors (Lipinski definition) is 6. The molecule has 0 spiro atoms. The summed E-state index contributed by atoms with van der Waals surface area (Å²) in [4.78, 5) is 242. The molecule has 40 heteroatoms. The smallest absolute Gasteiger partial charge is 0.303 e. The Morgan fingerprint density at radius 2 is 0.675 bits per heavy atom. The first-order valence-corrected chi connectivity index (χ1v) is 33.4. The Morgan fingerprint density at radius 3 is 0.991 bits per heavy atom. The monoisotopic (exact) mass is 1620 g/mol. The average molecular weight is 1620 g/mol. The molecule has 4 amide bonds. The molecule has 0 radical (unpaired) electrons. The maximum Gasteiger partial charge on any atom is 0.303 e. The largest absolute Gasteiger partial charge is 0.462 e. The number of nitrogens with one attached hydrogen (secondary N) is 4. The number of ether oxygens (including phenoxy) is 16. The molecule has 2 aliphatic rings. The van der Waals surface area contributed by atoms with E-state index < -0.39 is 336 Å². The lowest BCUT2D eigenvalue weighted by Crippen LogP contribution is -2.73. The minimum Gasteiger partial charge on any atom is -0.462 e. The highest BCUT2D eigenvalue weighted by Gasteiger charge is 2.61. The van der Waals surface area contributed by atoms with Crippen LogP contribution < -0.4 is 21.3 Å². The van der Waals surface area contributed by atoms with Crippen LogP contribution in [0.15, 0.2) is 84.9 Å². The van der Waals surface area contributed by atoms with Crippen LogP contribution in [0.3, 0.4) is 0 Å². The van der Waals surface area contributed by atoms with Crippen molar-refractivity contribution in [2.45, 2.75) is 219 Å². The molecule has 40 nitrogen and oxygen atoms in total. The molecule has 2 fully saturated rings. The van der Waals surface area contributed by atoms with Crippen molar-refractivity contribution in [3.63, 3.8) is 0 Å². The first kappa shape index (κ1) is 77.3. The lowest BCUT2D eigenvalue weighted by Gasteiger charge is -2.50. The van der Waals surface area contributed by atoms with E-state index in [1.165, 1.54) is 48.5 Å². The predicted molar refractivity (Wildman–Crippen MR) is 375 cm³/mol. The van der Waals surface area contributed by atoms with Gasteiger partial charge in [0.05, 0.1) is 0 Å². The van der Waals surface area contributed by atoms with Gasteiger partial charge in [-0.2, -0.15) is 0 Å². The van der Waals surface area contributed by atoms with Gasteiger partial charge in [0, 0.05) is 147 Å². The van der Waals surface area contributed by atoms with Gasteiger partial charge in [-0.05, 0) is 29.3 Å². The fourth-order valence-electron chi connectivity index (χ4n) is 11.9. The Morgan fingerprint density at radius 1 is 0.377 bits per heavy atom. The van der Waals surface area contributed by atoms with E-state index in [1.807, 2.05) is 0 Å². The van der Waals surface area contributed by atoms with Gasteiger partial charge in [-0.15, -0.1) is 0 Å². The van der Waals surface area contributed by atoms with Crippen molar-refractivity contribution < 1.29 is 186 Å². The van der Waals surface area contributed by atoms with Crippen molar-refractivity contribution >= 4 is 107 Å². The van der Waals surface area contributed by atoms with Gasteiger partial charge in [0.1, 0.15) is 37.5 Å². The summed E-state index contributed by atoms with van der Waals surface area (Å²) in [5, 5.41) is 35.7. The van der Waals surface area contributed by atoms with E-state index in [0.717, 1.165) is 52.0 Å². The van der Waals surface area contributed by atoms with E-state index >= 15 is 9.59 Å². The minimum atomic E-state index is -2.98. The zero-order chi connectivity index (χ0) is 92.3. The van der Waals surface area contributed by atoms with Crippen LogP contribution in [-0.2, 0) is 165 Å². The SMILES string of the molecule is [2H]CC(=O)OC[C@@H](OC(=O)C[2H])[C@@H](OC(=O)C[2H])[C@H](OC(=O)C[2H])[C@@H](OC(=O)C[2H])C(=O)NC[C@H]1O[C@@](O)(Cc2ccccc2)[C@H](NC(=O)c2cccc(C(=O)N[C@@H]3[C@@H](OC(C)=O)[C@H](OC(C)=O)[C@@H](CNC(=O)[C@H](OC(=O)C[2H])[C@@H](OC(=O)C[2H])[C@H](OC(=O)C[2H])[C@@H](COC(=O)C[2H])OC(=O)C[2H])O[C@@]3(O)Cc3ccccc3)c2)[C@@H](OC(C)=O)[C@@H]1OC(C)=O. The molecule has 2 heterocycles. The average Bonchev–Trinajstić information content (AvgIpc) is 0.754. The fourth-order valence-corrected chi connectivity index (χ4v) is 11.9. The zero-order valence-corrected chi connectivity index (χ0v) is 61.4. The number of rotatable bonds is 36. The number of hydrogen-bond acceptors (Lipinski definition) is 36. The van der Waals surface area contributed by atoms with Gasteiger partial charge >= 0.3 is 83.6 Å². The Balaban J connectivity index is 1.64. The maximum atomic E-state index is 15.1. The molecule has 0 aromatic heterocycles. The van der Waals surface area contributed by atoms with Gasteiger partial charge < -0.3 is 107 Å². The standard InChI is InChI=1S/C74H90N4O36/c1-35(79)99-33-55(101-37(3)81)59(105-41(7)85)61(107-43(9)87)65(111-47(13)91)71(95)75-31-53-57(103-39(5)83)63(109-45(11)89)67(73(97,113-53)29-49-22-17-15-18-23-49)77-69(93)51-26-21-27-52(28-51)70(94)78-68-64(110-46(12)90)58(104-40(6)84)54(114-74(68,98)30-50-24-19-16-20-25-50)32-76-72(96)66(112-48(14)92)62(108-44(10)88)60(106-42(8)86)56(102-38(4)82)34-100-36(2)80/h15-28,53-68,97-98H,29-34H2,1-14H3,(H,75,95)(H,76,96)(H,77,93)(H,78,94)/t53-,54-,55-,56-,57-,58-,59-,60-,61+,62+,63+,64+,65-,66-,67-,68-,73+,74+/m1/s1/i1D,2D,3D,4D,7D,8D,9D,10D,13D,14D. The second-order valence-corrected chi connectivity index (χ2v) is 24.7. The number of carbonyl (C=O) groups excluding carboxylic acids is 18. The van der Waals surface area contributed by atoms with Gasteiger partial charge in [0.15, 0.2) is 72.6 Å². The van der Waals surface area contributed by atoms with Crippen molar-refractivity contribution in [1.29, 1.82) is 0 Å². The zero-order valence-electron chi connectivity index (χ0n) is 71.4. The summed E-state index contributed by atoms with van der Waals surface area (Å²) in [6.45, 7) is -13.8. The van der Waals surface area contributed by atoms with Crippen LogP contribution in [0.2, 0.25) is 0 Å². The second kappa shape index (κ2) is 42.6. The van der Waals surface area contributed by atoms with E-state index in [9.17, 15) is 86.9 Å².